The third-order valence-corrected chi connectivity index (χ3v) is 4.69. The van der Waals surface area contributed by atoms with E-state index >= 15 is 0 Å². The van der Waals surface area contributed by atoms with E-state index < -0.39 is 0 Å². The summed E-state index contributed by atoms with van der Waals surface area (Å²) in [5, 5.41) is 6.18. The minimum Gasteiger partial charge on any atom is -0.356 e. The summed E-state index contributed by atoms with van der Waals surface area (Å²) < 4.78 is 13.7. The predicted octanol–water partition coefficient (Wildman–Crippen LogP) is 3.13. The highest BCUT2D eigenvalue weighted by molar-refractivity contribution is 14.0. The van der Waals surface area contributed by atoms with Crippen LogP contribution in [0.2, 0.25) is 0 Å². The average molecular weight is 496 g/mol. The Morgan fingerprint density at radius 3 is 2.68 bits per heavy atom. The molecule has 1 aliphatic rings. The van der Waals surface area contributed by atoms with Gasteiger partial charge in [0, 0.05) is 25.8 Å². The maximum Gasteiger partial charge on any atom is 0.246 e. The van der Waals surface area contributed by atoms with Crippen molar-refractivity contribution in [2.75, 3.05) is 31.6 Å². The molecule has 0 aromatic heterocycles. The number of aryl methyl sites for hydroxylation is 1. The van der Waals surface area contributed by atoms with Crippen LogP contribution in [-0.4, -0.2) is 38.5 Å². The van der Waals surface area contributed by atoms with E-state index in [1.54, 1.807) is 19.2 Å². The molecule has 0 saturated heterocycles. The number of guanidine groups is 1. The van der Waals surface area contributed by atoms with E-state index in [4.69, 9.17) is 0 Å². The van der Waals surface area contributed by atoms with Crippen LogP contribution in [0.5, 0.6) is 0 Å². The van der Waals surface area contributed by atoms with Crippen molar-refractivity contribution in [1.29, 1.82) is 0 Å². The Morgan fingerprint density at radius 1 is 1.14 bits per heavy atom. The largest absolute Gasteiger partial charge is 0.356 e. The van der Waals surface area contributed by atoms with Crippen molar-refractivity contribution >= 4 is 41.5 Å². The summed E-state index contributed by atoms with van der Waals surface area (Å²) >= 11 is 0. The maximum atomic E-state index is 13.7. The number of nitrogens with one attached hydrogen (secondary N) is 2. The van der Waals surface area contributed by atoms with Gasteiger partial charge in [-0.1, -0.05) is 36.4 Å². The van der Waals surface area contributed by atoms with Crippen molar-refractivity contribution < 1.29 is 9.18 Å². The van der Waals surface area contributed by atoms with Gasteiger partial charge >= 0.3 is 0 Å². The SMILES string of the molecule is CN=C(NCCc1ccccc1F)NCC(=O)N1CCCc2ccccc21.I. The van der Waals surface area contributed by atoms with E-state index in [0.717, 1.165) is 25.1 Å². The smallest absolute Gasteiger partial charge is 0.246 e. The highest BCUT2D eigenvalue weighted by Crippen LogP contribution is 2.26. The fraction of sp³-hybridized carbons (Fsp3) is 0.333. The van der Waals surface area contributed by atoms with Crippen LogP contribution in [0.4, 0.5) is 10.1 Å². The number of carbonyl (C=O) groups excluding carboxylic acids is 1. The van der Waals surface area contributed by atoms with Crippen molar-refractivity contribution in [2.24, 2.45) is 4.99 Å². The molecule has 7 heteroatoms. The molecule has 1 heterocycles. The Bertz CT molecular complexity index is 828. The van der Waals surface area contributed by atoms with Gasteiger partial charge in [-0.25, -0.2) is 4.39 Å². The topological polar surface area (TPSA) is 56.7 Å². The molecule has 1 amide bonds. The quantitative estimate of drug-likeness (QED) is 0.380. The summed E-state index contributed by atoms with van der Waals surface area (Å²) in [6.07, 6.45) is 2.52. The summed E-state index contributed by atoms with van der Waals surface area (Å²) in [4.78, 5) is 18.6. The number of rotatable bonds is 5. The molecule has 2 aromatic rings. The minimum atomic E-state index is -0.207. The van der Waals surface area contributed by atoms with Gasteiger partial charge in [0.05, 0.1) is 6.54 Å². The zero-order valence-electron chi connectivity index (χ0n) is 16.0. The van der Waals surface area contributed by atoms with Crippen molar-refractivity contribution in [1.82, 2.24) is 10.6 Å². The lowest BCUT2D eigenvalue weighted by molar-refractivity contribution is -0.117. The summed E-state index contributed by atoms with van der Waals surface area (Å²) in [5.74, 6) is 0.338. The zero-order valence-corrected chi connectivity index (χ0v) is 18.3. The molecule has 0 saturated carbocycles. The molecule has 0 spiro atoms. The number of benzene rings is 2. The monoisotopic (exact) mass is 496 g/mol. The van der Waals surface area contributed by atoms with Crippen molar-refractivity contribution in [2.45, 2.75) is 19.3 Å². The Balaban J connectivity index is 0.00000280. The van der Waals surface area contributed by atoms with E-state index in [0.29, 0.717) is 24.5 Å². The second-order valence-electron chi connectivity index (χ2n) is 6.47. The number of nitrogens with zero attached hydrogens (tertiary/aromatic N) is 2. The first kappa shape index (κ1) is 22.1. The number of para-hydroxylation sites is 1. The Hall–Kier alpha value is -2.16. The second-order valence-corrected chi connectivity index (χ2v) is 6.47. The van der Waals surface area contributed by atoms with Gasteiger partial charge in [-0.05, 0) is 42.5 Å². The maximum absolute atomic E-state index is 13.7. The number of fused-ring (bicyclic) bond motifs is 1. The Kier molecular flexibility index (Phi) is 8.69. The van der Waals surface area contributed by atoms with E-state index in [-0.39, 0.29) is 42.2 Å². The number of carbonyl (C=O) groups is 1. The van der Waals surface area contributed by atoms with Crippen LogP contribution in [0.25, 0.3) is 0 Å². The van der Waals surface area contributed by atoms with Crippen LogP contribution < -0.4 is 15.5 Å². The van der Waals surface area contributed by atoms with Crippen LogP contribution >= 0.6 is 24.0 Å². The van der Waals surface area contributed by atoms with Gasteiger partial charge in [0.15, 0.2) is 5.96 Å². The summed E-state index contributed by atoms with van der Waals surface area (Å²) in [7, 11) is 1.65. The van der Waals surface area contributed by atoms with Crippen LogP contribution in [-0.2, 0) is 17.6 Å². The molecule has 1 aliphatic heterocycles. The number of aliphatic imine (C=N–C) groups is 1. The van der Waals surface area contributed by atoms with Crippen LogP contribution in [0.1, 0.15) is 17.5 Å². The lowest BCUT2D eigenvalue weighted by Crippen LogP contribution is -2.46. The first-order valence-corrected chi connectivity index (χ1v) is 9.25. The molecule has 5 nitrogen and oxygen atoms in total. The van der Waals surface area contributed by atoms with Gasteiger partial charge in [-0.3, -0.25) is 9.79 Å². The van der Waals surface area contributed by atoms with Gasteiger partial charge < -0.3 is 15.5 Å². The predicted molar refractivity (Wildman–Crippen MR) is 122 cm³/mol. The molecule has 3 rings (SSSR count). The van der Waals surface area contributed by atoms with Crippen LogP contribution in [0.3, 0.4) is 0 Å². The molecular formula is C21H26FIN4O. The van der Waals surface area contributed by atoms with Gasteiger partial charge in [0.2, 0.25) is 5.91 Å². The number of hydrogen-bond acceptors (Lipinski definition) is 2. The van der Waals surface area contributed by atoms with Gasteiger partial charge in [-0.15, -0.1) is 24.0 Å². The van der Waals surface area contributed by atoms with Gasteiger partial charge in [0.25, 0.3) is 0 Å². The lowest BCUT2D eigenvalue weighted by Gasteiger charge is -2.29. The number of halogens is 2. The van der Waals surface area contributed by atoms with Crippen molar-refractivity contribution in [3.05, 3.63) is 65.5 Å². The van der Waals surface area contributed by atoms with Gasteiger partial charge in [0.1, 0.15) is 5.82 Å². The number of amides is 1. The number of hydrogen-bond donors (Lipinski definition) is 2. The van der Waals surface area contributed by atoms with E-state index in [2.05, 4.69) is 21.7 Å². The molecule has 150 valence electrons. The zero-order chi connectivity index (χ0) is 19.1. The molecule has 2 aromatic carbocycles. The van der Waals surface area contributed by atoms with E-state index in [9.17, 15) is 9.18 Å². The molecule has 0 aliphatic carbocycles. The molecule has 0 atom stereocenters. The molecule has 0 bridgehead atoms. The average Bonchev–Trinajstić information content (AvgIpc) is 2.71. The van der Waals surface area contributed by atoms with E-state index in [1.165, 1.54) is 11.6 Å². The normalized spacial score (nSPS) is 13.4. The minimum absolute atomic E-state index is 0. The highest BCUT2D eigenvalue weighted by atomic mass is 127. The summed E-state index contributed by atoms with van der Waals surface area (Å²) in [5.41, 5.74) is 2.86. The second kappa shape index (κ2) is 11.0. The molecule has 0 unspecified atom stereocenters. The van der Waals surface area contributed by atoms with Crippen LogP contribution in [0, 0.1) is 5.82 Å². The van der Waals surface area contributed by atoms with E-state index in [1.807, 2.05) is 29.2 Å². The van der Waals surface area contributed by atoms with Gasteiger partial charge in [-0.2, -0.15) is 0 Å². The Labute approximate surface area is 182 Å². The highest BCUT2D eigenvalue weighted by Gasteiger charge is 2.21. The third kappa shape index (κ3) is 5.67. The first-order chi connectivity index (χ1) is 13.2. The molecule has 28 heavy (non-hydrogen) atoms. The van der Waals surface area contributed by atoms with Crippen molar-refractivity contribution in [3.8, 4) is 0 Å². The molecular weight excluding hydrogens is 470 g/mol. The molecule has 2 N–H and O–H groups in total. The first-order valence-electron chi connectivity index (χ1n) is 9.25. The summed E-state index contributed by atoms with van der Waals surface area (Å²) in [6, 6.07) is 14.8. The van der Waals surface area contributed by atoms with Crippen molar-refractivity contribution in [3.63, 3.8) is 0 Å². The van der Waals surface area contributed by atoms with Crippen LogP contribution in [0.15, 0.2) is 53.5 Å². The lowest BCUT2D eigenvalue weighted by atomic mass is 10.0. The third-order valence-electron chi connectivity index (χ3n) is 4.69. The summed E-state index contributed by atoms with van der Waals surface area (Å²) in [6.45, 7) is 1.42. The fourth-order valence-corrected chi connectivity index (χ4v) is 3.28. The molecule has 0 fully saturated rings. The fourth-order valence-electron chi connectivity index (χ4n) is 3.28. The standard InChI is InChI=1S/C21H25FN4O.HI/c1-23-21(24-13-12-16-7-2-4-10-18(16)22)25-15-20(27)26-14-6-9-17-8-3-5-11-19(17)26;/h2-5,7-8,10-11H,6,9,12-15H2,1H3,(H2,23,24,25);1H. The molecule has 0 radical (unpaired) electrons. The number of anilines is 1. The Morgan fingerprint density at radius 2 is 1.89 bits per heavy atom.